The van der Waals surface area contributed by atoms with Crippen molar-refractivity contribution in [3.63, 3.8) is 0 Å². The van der Waals surface area contributed by atoms with Crippen molar-refractivity contribution >= 4 is 0 Å². The molecule has 1 heterocycles. The number of aryl methyl sites for hydroxylation is 1. The predicted octanol–water partition coefficient (Wildman–Crippen LogP) is 3.08. The third kappa shape index (κ3) is 2.18. The minimum Gasteiger partial charge on any atom is -0.313 e. The van der Waals surface area contributed by atoms with Crippen molar-refractivity contribution in [2.75, 3.05) is 7.05 Å². The van der Waals surface area contributed by atoms with Crippen LogP contribution in [0.25, 0.3) is 5.69 Å². The average molecular weight is 243 g/mol. The van der Waals surface area contributed by atoms with E-state index < -0.39 is 0 Å². The molecule has 3 nitrogen and oxygen atoms in total. The topological polar surface area (TPSA) is 29.9 Å². The summed E-state index contributed by atoms with van der Waals surface area (Å²) in [6.07, 6.45) is 0. The lowest BCUT2D eigenvalue weighted by Crippen LogP contribution is -2.12. The molecule has 0 aliphatic heterocycles. The van der Waals surface area contributed by atoms with Crippen LogP contribution in [-0.4, -0.2) is 16.8 Å². The molecule has 0 bridgehead atoms. The van der Waals surface area contributed by atoms with Crippen LogP contribution in [0, 0.1) is 20.8 Å². The molecule has 2 aromatic rings. The first kappa shape index (κ1) is 12.8. The first-order valence-corrected chi connectivity index (χ1v) is 6.35. The van der Waals surface area contributed by atoms with Crippen LogP contribution in [0.3, 0.4) is 0 Å². The maximum atomic E-state index is 4.58. The van der Waals surface area contributed by atoms with Gasteiger partial charge in [0, 0.05) is 11.7 Å². The van der Waals surface area contributed by atoms with E-state index in [1.807, 2.05) is 11.7 Å². The quantitative estimate of drug-likeness (QED) is 0.897. The average Bonchev–Trinajstić information content (AvgIpc) is 2.66. The van der Waals surface area contributed by atoms with Gasteiger partial charge in [0.15, 0.2) is 0 Å². The van der Waals surface area contributed by atoms with E-state index in [4.69, 9.17) is 0 Å². The lowest BCUT2D eigenvalue weighted by atomic mass is 10.1. The smallest absolute Gasteiger partial charge is 0.0649 e. The lowest BCUT2D eigenvalue weighted by Gasteiger charge is -2.11. The summed E-state index contributed by atoms with van der Waals surface area (Å²) >= 11 is 0. The number of rotatable bonds is 3. The number of hydrogen-bond acceptors (Lipinski definition) is 2. The molecule has 1 aromatic carbocycles. The molecular formula is C15H21N3. The highest BCUT2D eigenvalue weighted by atomic mass is 15.3. The number of aromatic nitrogens is 2. The second-order valence-corrected chi connectivity index (χ2v) is 4.81. The van der Waals surface area contributed by atoms with Crippen molar-refractivity contribution in [2.45, 2.75) is 33.7 Å². The van der Waals surface area contributed by atoms with Crippen molar-refractivity contribution < 1.29 is 0 Å². The van der Waals surface area contributed by atoms with E-state index in [0.717, 1.165) is 11.4 Å². The van der Waals surface area contributed by atoms with Gasteiger partial charge in [0.2, 0.25) is 0 Å². The van der Waals surface area contributed by atoms with Gasteiger partial charge in [0.1, 0.15) is 0 Å². The molecule has 1 atom stereocenters. The van der Waals surface area contributed by atoms with Crippen LogP contribution >= 0.6 is 0 Å². The van der Waals surface area contributed by atoms with Gasteiger partial charge in [-0.25, -0.2) is 4.68 Å². The van der Waals surface area contributed by atoms with Gasteiger partial charge >= 0.3 is 0 Å². The molecule has 0 fully saturated rings. The zero-order valence-corrected chi connectivity index (χ0v) is 11.8. The Morgan fingerprint density at radius 2 is 1.72 bits per heavy atom. The Balaban J connectivity index is 2.37. The number of benzene rings is 1. The largest absolute Gasteiger partial charge is 0.313 e. The highest BCUT2D eigenvalue weighted by molar-refractivity contribution is 5.38. The molecule has 0 radical (unpaired) electrons. The third-order valence-electron chi connectivity index (χ3n) is 3.72. The molecule has 18 heavy (non-hydrogen) atoms. The van der Waals surface area contributed by atoms with Gasteiger partial charge in [-0.2, -0.15) is 5.10 Å². The second-order valence-electron chi connectivity index (χ2n) is 4.81. The Morgan fingerprint density at radius 3 is 2.17 bits per heavy atom. The molecule has 1 N–H and O–H groups in total. The van der Waals surface area contributed by atoms with Gasteiger partial charge in [-0.3, -0.25) is 0 Å². The normalized spacial score (nSPS) is 12.7. The summed E-state index contributed by atoms with van der Waals surface area (Å²) in [7, 11) is 1.98. The Bertz CT molecular complexity index is 538. The fraction of sp³-hybridized carbons (Fsp3) is 0.400. The summed E-state index contributed by atoms with van der Waals surface area (Å²) < 4.78 is 2.01. The third-order valence-corrected chi connectivity index (χ3v) is 3.72. The number of nitrogens with one attached hydrogen (secondary N) is 1. The second kappa shape index (κ2) is 4.94. The zero-order chi connectivity index (χ0) is 13.3. The van der Waals surface area contributed by atoms with Crippen LogP contribution in [-0.2, 0) is 0 Å². The Morgan fingerprint density at radius 1 is 1.11 bits per heavy atom. The highest BCUT2D eigenvalue weighted by Gasteiger charge is 2.09. The minimum atomic E-state index is 0.376. The van der Waals surface area contributed by atoms with Crippen LogP contribution in [0.2, 0.25) is 0 Å². The van der Waals surface area contributed by atoms with Gasteiger partial charge < -0.3 is 5.32 Å². The minimum absolute atomic E-state index is 0.376. The van der Waals surface area contributed by atoms with Gasteiger partial charge in [0.05, 0.1) is 11.4 Å². The van der Waals surface area contributed by atoms with Gasteiger partial charge in [-0.05, 0) is 58.0 Å². The molecule has 3 heteroatoms. The summed E-state index contributed by atoms with van der Waals surface area (Å²) in [4.78, 5) is 0. The summed E-state index contributed by atoms with van der Waals surface area (Å²) in [6, 6.07) is 8.94. The van der Waals surface area contributed by atoms with Gasteiger partial charge in [-0.15, -0.1) is 0 Å². The van der Waals surface area contributed by atoms with E-state index in [1.54, 1.807) is 0 Å². The van der Waals surface area contributed by atoms with Gasteiger partial charge in [0.25, 0.3) is 0 Å². The van der Waals surface area contributed by atoms with Crippen LogP contribution in [0.15, 0.2) is 24.3 Å². The van der Waals surface area contributed by atoms with Crippen LogP contribution < -0.4 is 5.32 Å². The maximum absolute atomic E-state index is 4.58. The molecule has 0 saturated carbocycles. The summed E-state index contributed by atoms with van der Waals surface area (Å²) in [5, 5.41) is 7.82. The van der Waals surface area contributed by atoms with E-state index in [-0.39, 0.29) is 0 Å². The van der Waals surface area contributed by atoms with E-state index in [0.29, 0.717) is 6.04 Å². The first-order chi connectivity index (χ1) is 8.54. The molecule has 0 aliphatic carbocycles. The fourth-order valence-electron chi connectivity index (χ4n) is 2.04. The predicted molar refractivity (Wildman–Crippen MR) is 75.2 cm³/mol. The van der Waals surface area contributed by atoms with E-state index in [9.17, 15) is 0 Å². The summed E-state index contributed by atoms with van der Waals surface area (Å²) in [5.74, 6) is 0. The van der Waals surface area contributed by atoms with Crippen LogP contribution in [0.4, 0.5) is 0 Å². The molecule has 1 aromatic heterocycles. The van der Waals surface area contributed by atoms with E-state index >= 15 is 0 Å². The van der Waals surface area contributed by atoms with E-state index in [2.05, 4.69) is 62.4 Å². The Kier molecular flexibility index (Phi) is 3.53. The Hall–Kier alpha value is -1.61. The molecule has 0 aliphatic rings. The monoisotopic (exact) mass is 243 g/mol. The molecule has 1 unspecified atom stereocenters. The number of hydrogen-bond donors (Lipinski definition) is 1. The number of nitrogens with zero attached hydrogens (tertiary/aromatic N) is 2. The fourth-order valence-corrected chi connectivity index (χ4v) is 2.04. The molecule has 2 rings (SSSR count). The summed E-state index contributed by atoms with van der Waals surface area (Å²) in [6.45, 7) is 8.43. The van der Waals surface area contributed by atoms with Crippen molar-refractivity contribution in [1.82, 2.24) is 15.1 Å². The van der Waals surface area contributed by atoms with Crippen LogP contribution in [0.5, 0.6) is 0 Å². The maximum Gasteiger partial charge on any atom is 0.0649 e. The van der Waals surface area contributed by atoms with Gasteiger partial charge in [-0.1, -0.05) is 12.1 Å². The van der Waals surface area contributed by atoms with Crippen molar-refractivity contribution in [3.8, 4) is 5.69 Å². The molecule has 0 spiro atoms. The highest BCUT2D eigenvalue weighted by Crippen LogP contribution is 2.19. The lowest BCUT2D eigenvalue weighted by molar-refractivity contribution is 0.652. The SMILES string of the molecule is CNC(C)c1ccc(-n2nc(C)c(C)c2C)cc1. The van der Waals surface area contributed by atoms with Crippen molar-refractivity contribution in [1.29, 1.82) is 0 Å². The van der Waals surface area contributed by atoms with Crippen molar-refractivity contribution in [2.24, 2.45) is 0 Å². The van der Waals surface area contributed by atoms with E-state index in [1.165, 1.54) is 16.8 Å². The molecule has 96 valence electrons. The Labute approximate surface area is 109 Å². The first-order valence-electron chi connectivity index (χ1n) is 6.35. The zero-order valence-electron chi connectivity index (χ0n) is 11.8. The molecule has 0 saturated heterocycles. The molecular weight excluding hydrogens is 222 g/mol. The standard InChI is InChI=1S/C15H21N3/c1-10-11(2)17-18(13(10)4)15-8-6-14(7-9-15)12(3)16-5/h6-9,12,16H,1-5H3. The summed E-state index contributed by atoms with van der Waals surface area (Å²) in [5.41, 5.74) is 5.99. The molecule has 0 amide bonds. The van der Waals surface area contributed by atoms with Crippen LogP contribution in [0.1, 0.15) is 35.5 Å². The van der Waals surface area contributed by atoms with Crippen molar-refractivity contribution in [3.05, 3.63) is 46.8 Å².